The maximum absolute atomic E-state index is 13.2. The summed E-state index contributed by atoms with van der Waals surface area (Å²) in [5.41, 5.74) is 1.05. The number of halogens is 1. The van der Waals surface area contributed by atoms with Gasteiger partial charge in [-0.1, -0.05) is 37.3 Å². The summed E-state index contributed by atoms with van der Waals surface area (Å²) < 4.78 is 0.975. The molecular formula is C20H25BrN4O. The average molecular weight is 417 g/mol. The van der Waals surface area contributed by atoms with E-state index in [1.54, 1.807) is 0 Å². The quantitative estimate of drug-likeness (QED) is 0.750. The van der Waals surface area contributed by atoms with Gasteiger partial charge in [0.15, 0.2) is 0 Å². The Bertz CT molecular complexity index is 714. The molecule has 1 atom stereocenters. The summed E-state index contributed by atoms with van der Waals surface area (Å²) in [6, 6.07) is 13.8. The van der Waals surface area contributed by atoms with E-state index in [1.165, 1.54) is 0 Å². The maximum atomic E-state index is 13.2. The van der Waals surface area contributed by atoms with E-state index in [2.05, 4.69) is 37.6 Å². The van der Waals surface area contributed by atoms with Gasteiger partial charge in [-0.2, -0.15) is 0 Å². The van der Waals surface area contributed by atoms with Crippen molar-refractivity contribution in [2.45, 2.75) is 13.0 Å². The molecule has 1 aliphatic heterocycles. The van der Waals surface area contributed by atoms with E-state index in [0.717, 1.165) is 48.6 Å². The van der Waals surface area contributed by atoms with E-state index in [4.69, 9.17) is 0 Å². The summed E-state index contributed by atoms with van der Waals surface area (Å²) in [6.07, 6.45) is 1.81. The van der Waals surface area contributed by atoms with Crippen LogP contribution in [0.5, 0.6) is 0 Å². The monoisotopic (exact) mass is 416 g/mol. The van der Waals surface area contributed by atoms with Crippen molar-refractivity contribution in [1.82, 2.24) is 14.8 Å². The second-order valence-electron chi connectivity index (χ2n) is 6.53. The number of hydrogen-bond donors (Lipinski definition) is 0. The summed E-state index contributed by atoms with van der Waals surface area (Å²) in [7, 11) is 2.01. The molecule has 1 aliphatic rings. The van der Waals surface area contributed by atoms with Gasteiger partial charge in [0, 0.05) is 36.8 Å². The van der Waals surface area contributed by atoms with Gasteiger partial charge in [-0.25, -0.2) is 4.98 Å². The van der Waals surface area contributed by atoms with Crippen molar-refractivity contribution in [2.24, 2.45) is 0 Å². The van der Waals surface area contributed by atoms with Crippen molar-refractivity contribution in [3.63, 3.8) is 0 Å². The number of likely N-dealkylation sites (N-methyl/N-ethyl adjacent to an activating group) is 1. The molecule has 2 heterocycles. The maximum Gasteiger partial charge on any atom is 0.244 e. The van der Waals surface area contributed by atoms with E-state index in [9.17, 15) is 4.79 Å². The highest BCUT2D eigenvalue weighted by molar-refractivity contribution is 9.10. The molecule has 0 aliphatic carbocycles. The summed E-state index contributed by atoms with van der Waals surface area (Å²) in [5, 5.41) is 0. The number of carbonyl (C=O) groups is 1. The molecule has 1 amide bonds. The predicted octanol–water partition coefficient (Wildman–Crippen LogP) is 3.19. The number of rotatable bonds is 5. The minimum absolute atomic E-state index is 0.184. The highest BCUT2D eigenvalue weighted by Crippen LogP contribution is 2.23. The van der Waals surface area contributed by atoms with Crippen LogP contribution < -0.4 is 4.90 Å². The third-order valence-electron chi connectivity index (χ3n) is 4.92. The molecule has 1 fully saturated rings. The van der Waals surface area contributed by atoms with Gasteiger partial charge in [0.25, 0.3) is 0 Å². The Balaban J connectivity index is 1.69. The lowest BCUT2D eigenvalue weighted by Gasteiger charge is -2.38. The van der Waals surface area contributed by atoms with Crippen molar-refractivity contribution in [2.75, 3.05) is 44.7 Å². The van der Waals surface area contributed by atoms with Crippen LogP contribution in [0.25, 0.3) is 0 Å². The van der Waals surface area contributed by atoms with E-state index < -0.39 is 0 Å². The fourth-order valence-electron chi connectivity index (χ4n) is 3.29. The van der Waals surface area contributed by atoms with Crippen LogP contribution in [0.4, 0.5) is 5.82 Å². The van der Waals surface area contributed by atoms with Gasteiger partial charge in [0.1, 0.15) is 11.9 Å². The normalized spacial score (nSPS) is 16.0. The summed E-state index contributed by atoms with van der Waals surface area (Å²) in [4.78, 5) is 24.0. The largest absolute Gasteiger partial charge is 0.353 e. The van der Waals surface area contributed by atoms with Crippen LogP contribution in [0.3, 0.4) is 0 Å². The van der Waals surface area contributed by atoms with E-state index in [-0.39, 0.29) is 11.9 Å². The molecule has 5 nitrogen and oxygen atoms in total. The molecule has 6 heteroatoms. The lowest BCUT2D eigenvalue weighted by Crippen LogP contribution is -2.52. The number of pyridine rings is 1. The molecule has 1 unspecified atom stereocenters. The van der Waals surface area contributed by atoms with E-state index in [1.807, 2.05) is 60.6 Å². The van der Waals surface area contributed by atoms with Crippen LogP contribution in [0.1, 0.15) is 18.5 Å². The molecule has 1 aromatic heterocycles. The van der Waals surface area contributed by atoms with Gasteiger partial charge in [-0.3, -0.25) is 9.69 Å². The van der Waals surface area contributed by atoms with Crippen LogP contribution >= 0.6 is 15.9 Å². The van der Waals surface area contributed by atoms with Gasteiger partial charge in [0.2, 0.25) is 5.91 Å². The minimum atomic E-state index is -0.224. The molecule has 1 saturated heterocycles. The van der Waals surface area contributed by atoms with Crippen LogP contribution in [-0.2, 0) is 4.79 Å². The zero-order valence-corrected chi connectivity index (χ0v) is 16.9. The highest BCUT2D eigenvalue weighted by atomic mass is 79.9. The number of amides is 1. The summed E-state index contributed by atoms with van der Waals surface area (Å²) in [6.45, 7) is 5.96. The lowest BCUT2D eigenvalue weighted by atomic mass is 10.0. The topological polar surface area (TPSA) is 39.7 Å². The molecule has 138 valence electrons. The Labute approximate surface area is 163 Å². The smallest absolute Gasteiger partial charge is 0.244 e. The SMILES string of the molecule is CCN(C)C(C(=O)N1CCN(c2ccc(Br)cn2)CC1)c1ccccc1. The number of anilines is 1. The van der Waals surface area contributed by atoms with Crippen molar-refractivity contribution in [1.29, 1.82) is 0 Å². The van der Waals surface area contributed by atoms with E-state index >= 15 is 0 Å². The lowest BCUT2D eigenvalue weighted by molar-refractivity contribution is -0.137. The molecule has 0 radical (unpaired) electrons. The Morgan fingerprint density at radius 2 is 1.85 bits per heavy atom. The third kappa shape index (κ3) is 4.24. The van der Waals surface area contributed by atoms with Gasteiger partial charge in [0.05, 0.1) is 0 Å². The number of aromatic nitrogens is 1. The first-order valence-electron chi connectivity index (χ1n) is 9.00. The average Bonchev–Trinajstić information content (AvgIpc) is 2.69. The first-order chi connectivity index (χ1) is 12.6. The Morgan fingerprint density at radius 1 is 1.15 bits per heavy atom. The number of piperazine rings is 1. The molecule has 26 heavy (non-hydrogen) atoms. The van der Waals surface area contributed by atoms with Crippen molar-refractivity contribution < 1.29 is 4.79 Å². The van der Waals surface area contributed by atoms with Gasteiger partial charge >= 0.3 is 0 Å². The molecule has 0 N–H and O–H groups in total. The molecule has 0 bridgehead atoms. The standard InChI is InChI=1S/C20H25BrN4O/c1-3-23(2)19(16-7-5-4-6-8-16)20(26)25-13-11-24(12-14-25)18-10-9-17(21)15-22-18/h4-10,15,19H,3,11-14H2,1-2H3. The second kappa shape index (κ2) is 8.64. The van der Waals surface area contributed by atoms with Crippen molar-refractivity contribution in [3.05, 3.63) is 58.7 Å². The minimum Gasteiger partial charge on any atom is -0.353 e. The number of benzene rings is 1. The third-order valence-corrected chi connectivity index (χ3v) is 5.38. The molecule has 0 spiro atoms. The molecular weight excluding hydrogens is 392 g/mol. The van der Waals surface area contributed by atoms with Gasteiger partial charge in [-0.05, 0) is 47.2 Å². The molecule has 1 aromatic carbocycles. The van der Waals surface area contributed by atoms with Crippen molar-refractivity contribution >= 4 is 27.7 Å². The van der Waals surface area contributed by atoms with E-state index in [0.29, 0.717) is 0 Å². The number of nitrogens with zero attached hydrogens (tertiary/aromatic N) is 4. The molecule has 3 rings (SSSR count). The van der Waals surface area contributed by atoms with Crippen LogP contribution in [0.2, 0.25) is 0 Å². The Hall–Kier alpha value is -1.92. The number of hydrogen-bond acceptors (Lipinski definition) is 4. The Kier molecular flexibility index (Phi) is 6.27. The second-order valence-corrected chi connectivity index (χ2v) is 7.45. The number of carbonyl (C=O) groups excluding carboxylic acids is 1. The first kappa shape index (κ1) is 18.9. The van der Waals surface area contributed by atoms with Crippen LogP contribution in [-0.4, -0.2) is 60.5 Å². The van der Waals surface area contributed by atoms with Crippen LogP contribution in [0, 0.1) is 0 Å². The first-order valence-corrected chi connectivity index (χ1v) is 9.80. The zero-order chi connectivity index (χ0) is 18.5. The van der Waals surface area contributed by atoms with Gasteiger partial charge < -0.3 is 9.80 Å². The fourth-order valence-corrected chi connectivity index (χ4v) is 3.52. The fraction of sp³-hybridized carbons (Fsp3) is 0.400. The highest BCUT2D eigenvalue weighted by Gasteiger charge is 2.31. The summed E-state index contributed by atoms with van der Waals surface area (Å²) in [5.74, 6) is 1.15. The summed E-state index contributed by atoms with van der Waals surface area (Å²) >= 11 is 3.42. The zero-order valence-electron chi connectivity index (χ0n) is 15.3. The van der Waals surface area contributed by atoms with Gasteiger partial charge in [-0.15, -0.1) is 0 Å². The van der Waals surface area contributed by atoms with Crippen LogP contribution in [0.15, 0.2) is 53.1 Å². The van der Waals surface area contributed by atoms with Crippen molar-refractivity contribution in [3.8, 4) is 0 Å². The Morgan fingerprint density at radius 3 is 2.42 bits per heavy atom. The molecule has 0 saturated carbocycles. The molecule has 2 aromatic rings. The predicted molar refractivity (Wildman–Crippen MR) is 108 cm³/mol.